The highest BCUT2D eigenvalue weighted by Gasteiger charge is 2.27. The summed E-state index contributed by atoms with van der Waals surface area (Å²) in [7, 11) is 1.59. The van der Waals surface area contributed by atoms with Crippen LogP contribution in [0.2, 0.25) is 0 Å². The third-order valence-electron chi connectivity index (χ3n) is 3.39. The van der Waals surface area contributed by atoms with Crippen molar-refractivity contribution in [2.24, 2.45) is 0 Å². The second-order valence-electron chi connectivity index (χ2n) is 4.81. The maximum Gasteiger partial charge on any atom is 0.296 e. The third-order valence-corrected chi connectivity index (χ3v) is 3.39. The summed E-state index contributed by atoms with van der Waals surface area (Å²) >= 11 is 0. The van der Waals surface area contributed by atoms with Crippen LogP contribution in [0.1, 0.15) is 23.7 Å². The van der Waals surface area contributed by atoms with Crippen LogP contribution in [0.4, 0.5) is 0 Å². The standard InChI is InChI=1S/C16H18N2O3/c1-3-4-15(19)17-13-9-10-18(11-13)16(20)12-5-7-14(21-2)8-6-12/h5-8,13H,9-11H2,1-2H3,(H,17,19). The SMILES string of the molecule is CC#CC(=O)NC1CCN(C(=O)c2ccc(OC)cc2)C1. The lowest BCUT2D eigenvalue weighted by Gasteiger charge is -2.16. The minimum atomic E-state index is -0.291. The minimum absolute atomic E-state index is 0.0273. The summed E-state index contributed by atoms with van der Waals surface area (Å²) < 4.78 is 5.07. The van der Waals surface area contributed by atoms with E-state index in [-0.39, 0.29) is 17.9 Å². The number of methoxy groups -OCH3 is 1. The number of nitrogens with zero attached hydrogens (tertiary/aromatic N) is 1. The highest BCUT2D eigenvalue weighted by atomic mass is 16.5. The van der Waals surface area contributed by atoms with Gasteiger partial charge < -0.3 is 15.0 Å². The molecule has 1 unspecified atom stereocenters. The Bertz CT molecular complexity index is 584. The summed E-state index contributed by atoms with van der Waals surface area (Å²) in [6.45, 7) is 2.77. The zero-order valence-corrected chi connectivity index (χ0v) is 12.2. The highest BCUT2D eigenvalue weighted by Crippen LogP contribution is 2.16. The van der Waals surface area contributed by atoms with Gasteiger partial charge in [0.1, 0.15) is 5.75 Å². The highest BCUT2D eigenvalue weighted by molar-refractivity contribution is 5.95. The average molecular weight is 286 g/mol. The van der Waals surface area contributed by atoms with Crippen LogP contribution in [0.3, 0.4) is 0 Å². The van der Waals surface area contributed by atoms with E-state index < -0.39 is 0 Å². The van der Waals surface area contributed by atoms with Crippen molar-refractivity contribution >= 4 is 11.8 Å². The molecule has 1 N–H and O–H groups in total. The lowest BCUT2D eigenvalue weighted by molar-refractivity contribution is -0.116. The van der Waals surface area contributed by atoms with Crippen LogP contribution in [0.25, 0.3) is 0 Å². The van der Waals surface area contributed by atoms with Crippen molar-refractivity contribution in [2.75, 3.05) is 20.2 Å². The number of amides is 2. The first-order valence-electron chi connectivity index (χ1n) is 6.80. The number of likely N-dealkylation sites (tertiary alicyclic amines) is 1. The topological polar surface area (TPSA) is 58.6 Å². The predicted octanol–water partition coefficient (Wildman–Crippen LogP) is 1.05. The molecular formula is C16H18N2O3. The number of hydrogen-bond donors (Lipinski definition) is 1. The first-order valence-corrected chi connectivity index (χ1v) is 6.80. The van der Waals surface area contributed by atoms with Crippen molar-refractivity contribution in [1.82, 2.24) is 10.2 Å². The zero-order chi connectivity index (χ0) is 15.2. The molecule has 1 aliphatic rings. The van der Waals surface area contributed by atoms with Gasteiger partial charge in [-0.05, 0) is 43.5 Å². The number of carbonyl (C=O) groups excluding carboxylic acids is 2. The normalized spacial score (nSPS) is 16.9. The van der Waals surface area contributed by atoms with Gasteiger partial charge in [0.15, 0.2) is 0 Å². The van der Waals surface area contributed by atoms with E-state index in [1.807, 2.05) is 0 Å². The van der Waals surface area contributed by atoms with Gasteiger partial charge in [0.2, 0.25) is 0 Å². The van der Waals surface area contributed by atoms with E-state index in [1.165, 1.54) is 0 Å². The Labute approximate surface area is 124 Å². The fourth-order valence-corrected chi connectivity index (χ4v) is 2.31. The summed E-state index contributed by atoms with van der Waals surface area (Å²) in [5, 5.41) is 2.81. The molecule has 21 heavy (non-hydrogen) atoms. The number of rotatable bonds is 3. The largest absolute Gasteiger partial charge is 0.497 e. The molecule has 0 aliphatic carbocycles. The van der Waals surface area contributed by atoms with Crippen molar-refractivity contribution in [2.45, 2.75) is 19.4 Å². The van der Waals surface area contributed by atoms with Crippen LogP contribution in [-0.4, -0.2) is 43.0 Å². The number of nitrogens with one attached hydrogen (secondary N) is 1. The number of carbonyl (C=O) groups is 2. The van der Waals surface area contributed by atoms with Crippen LogP contribution in [0.15, 0.2) is 24.3 Å². The lowest BCUT2D eigenvalue weighted by Crippen LogP contribution is -2.37. The summed E-state index contributed by atoms with van der Waals surface area (Å²) in [5.74, 6) is 5.40. The molecule has 1 saturated heterocycles. The van der Waals surface area contributed by atoms with Crippen molar-refractivity contribution < 1.29 is 14.3 Å². The maximum atomic E-state index is 12.3. The Morgan fingerprint density at radius 1 is 1.33 bits per heavy atom. The molecule has 5 heteroatoms. The molecule has 2 rings (SSSR count). The molecule has 1 atom stereocenters. The van der Waals surface area contributed by atoms with Crippen LogP contribution < -0.4 is 10.1 Å². The Hall–Kier alpha value is -2.48. The van der Waals surface area contributed by atoms with Crippen molar-refractivity contribution in [3.05, 3.63) is 29.8 Å². The molecule has 5 nitrogen and oxygen atoms in total. The van der Waals surface area contributed by atoms with Crippen molar-refractivity contribution in [1.29, 1.82) is 0 Å². The van der Waals surface area contributed by atoms with Crippen LogP contribution in [0.5, 0.6) is 5.75 Å². The molecule has 1 heterocycles. The fourth-order valence-electron chi connectivity index (χ4n) is 2.31. The van der Waals surface area contributed by atoms with Crippen LogP contribution in [0, 0.1) is 11.8 Å². The molecule has 0 saturated carbocycles. The van der Waals surface area contributed by atoms with Gasteiger partial charge >= 0.3 is 0 Å². The monoisotopic (exact) mass is 286 g/mol. The van der Waals surface area contributed by atoms with E-state index in [4.69, 9.17) is 4.74 Å². The first kappa shape index (κ1) is 14.9. The van der Waals surface area contributed by atoms with Gasteiger partial charge in [-0.1, -0.05) is 5.92 Å². The number of hydrogen-bond acceptors (Lipinski definition) is 3. The Morgan fingerprint density at radius 2 is 2.05 bits per heavy atom. The van der Waals surface area contributed by atoms with Gasteiger partial charge in [-0.15, -0.1) is 0 Å². The molecule has 1 aromatic carbocycles. The molecule has 0 aromatic heterocycles. The Kier molecular flexibility index (Phi) is 4.83. The fraction of sp³-hybridized carbons (Fsp3) is 0.375. The van der Waals surface area contributed by atoms with Gasteiger partial charge in [-0.3, -0.25) is 9.59 Å². The summed E-state index contributed by atoms with van der Waals surface area (Å²) in [4.78, 5) is 25.5. The molecule has 2 amide bonds. The third kappa shape index (κ3) is 3.76. The molecular weight excluding hydrogens is 268 g/mol. The van der Waals surface area contributed by atoms with Crippen molar-refractivity contribution in [3.63, 3.8) is 0 Å². The molecule has 110 valence electrons. The average Bonchev–Trinajstić information content (AvgIpc) is 2.95. The van der Waals surface area contributed by atoms with Gasteiger partial charge in [0, 0.05) is 24.7 Å². The van der Waals surface area contributed by atoms with E-state index in [0.717, 1.165) is 12.2 Å². The molecule has 1 fully saturated rings. The van der Waals surface area contributed by atoms with Gasteiger partial charge in [-0.25, -0.2) is 0 Å². The first-order chi connectivity index (χ1) is 10.1. The quantitative estimate of drug-likeness (QED) is 0.845. The van der Waals surface area contributed by atoms with Crippen LogP contribution >= 0.6 is 0 Å². The minimum Gasteiger partial charge on any atom is -0.497 e. The molecule has 0 bridgehead atoms. The molecule has 0 spiro atoms. The van der Waals surface area contributed by atoms with E-state index in [1.54, 1.807) is 43.2 Å². The van der Waals surface area contributed by atoms with E-state index >= 15 is 0 Å². The predicted molar refractivity (Wildman–Crippen MR) is 78.9 cm³/mol. The smallest absolute Gasteiger partial charge is 0.296 e. The number of ether oxygens (including phenoxy) is 1. The van der Waals surface area contributed by atoms with Gasteiger partial charge in [0.05, 0.1) is 7.11 Å². The van der Waals surface area contributed by atoms with E-state index in [2.05, 4.69) is 17.2 Å². The Balaban J connectivity index is 1.94. The molecule has 1 aromatic rings. The molecule has 0 radical (unpaired) electrons. The zero-order valence-electron chi connectivity index (χ0n) is 12.2. The summed E-state index contributed by atoms with van der Waals surface area (Å²) in [6.07, 6.45) is 0.749. The second kappa shape index (κ2) is 6.80. The maximum absolute atomic E-state index is 12.3. The Morgan fingerprint density at radius 3 is 2.67 bits per heavy atom. The second-order valence-corrected chi connectivity index (χ2v) is 4.81. The van der Waals surface area contributed by atoms with Gasteiger partial charge in [-0.2, -0.15) is 0 Å². The summed E-state index contributed by atoms with van der Waals surface area (Å²) in [6, 6.07) is 6.99. The van der Waals surface area contributed by atoms with E-state index in [9.17, 15) is 9.59 Å². The van der Waals surface area contributed by atoms with Crippen LogP contribution in [-0.2, 0) is 4.79 Å². The van der Waals surface area contributed by atoms with E-state index in [0.29, 0.717) is 18.7 Å². The molecule has 1 aliphatic heterocycles. The van der Waals surface area contributed by atoms with Crippen molar-refractivity contribution in [3.8, 4) is 17.6 Å². The summed E-state index contributed by atoms with van der Waals surface area (Å²) in [5.41, 5.74) is 0.621. The number of benzene rings is 1. The van der Waals surface area contributed by atoms with Gasteiger partial charge in [0.25, 0.3) is 11.8 Å². The lowest BCUT2D eigenvalue weighted by atomic mass is 10.2.